The lowest BCUT2D eigenvalue weighted by molar-refractivity contribution is 0.428. The minimum absolute atomic E-state index is 0.0963. The van der Waals surface area contributed by atoms with Crippen molar-refractivity contribution in [3.8, 4) is 0 Å². The number of aryl methyl sites for hydroxylation is 1. The largest absolute Gasteiger partial charge is 0.248 e. The molecule has 1 aromatic heterocycles. The van der Waals surface area contributed by atoms with Crippen molar-refractivity contribution in [2.75, 3.05) is 18.8 Å². The summed E-state index contributed by atoms with van der Waals surface area (Å²) in [6, 6.07) is 9.80. The van der Waals surface area contributed by atoms with Gasteiger partial charge in [-0.3, -0.25) is 0 Å². The zero-order valence-electron chi connectivity index (χ0n) is 11.7. The van der Waals surface area contributed by atoms with Crippen molar-refractivity contribution in [3.63, 3.8) is 0 Å². The Bertz CT molecular complexity index is 670. The number of nitrogens with zero attached hydrogens (tertiary/aromatic N) is 4. The lowest BCUT2D eigenvalue weighted by Gasteiger charge is -2.16. The molecule has 2 aromatic rings. The van der Waals surface area contributed by atoms with Crippen LogP contribution in [0, 0.1) is 0 Å². The molecule has 0 bridgehead atoms. The number of aromatic nitrogens is 3. The summed E-state index contributed by atoms with van der Waals surface area (Å²) in [5.41, 5.74) is 1.05. The number of benzene rings is 1. The van der Waals surface area contributed by atoms with Crippen LogP contribution in [-0.4, -0.2) is 46.6 Å². The highest BCUT2D eigenvalue weighted by Crippen LogP contribution is 2.23. The molecule has 2 heterocycles. The van der Waals surface area contributed by atoms with E-state index in [1.165, 1.54) is 0 Å². The van der Waals surface area contributed by atoms with Gasteiger partial charge in [-0.2, -0.15) is 4.31 Å². The smallest absolute Gasteiger partial charge is 0.214 e. The van der Waals surface area contributed by atoms with Crippen LogP contribution in [-0.2, 0) is 16.4 Å². The molecular weight excluding hydrogens is 288 g/mol. The van der Waals surface area contributed by atoms with Crippen molar-refractivity contribution in [2.45, 2.75) is 18.9 Å². The molecule has 1 saturated heterocycles. The molecule has 6 nitrogen and oxygen atoms in total. The van der Waals surface area contributed by atoms with Gasteiger partial charge in [-0.25, -0.2) is 13.1 Å². The van der Waals surface area contributed by atoms with E-state index in [4.69, 9.17) is 0 Å². The van der Waals surface area contributed by atoms with Gasteiger partial charge in [0, 0.05) is 19.3 Å². The molecule has 7 heteroatoms. The van der Waals surface area contributed by atoms with Gasteiger partial charge in [0.25, 0.3) is 0 Å². The van der Waals surface area contributed by atoms with Crippen LogP contribution in [0.4, 0.5) is 0 Å². The predicted molar refractivity (Wildman–Crippen MR) is 79.2 cm³/mol. The number of sulfonamides is 1. The lowest BCUT2D eigenvalue weighted by atomic mass is 10.2. The quantitative estimate of drug-likeness (QED) is 0.829. The second-order valence-electron chi connectivity index (χ2n) is 5.24. The highest BCUT2D eigenvalue weighted by atomic mass is 32.2. The first-order chi connectivity index (χ1) is 10.1. The fourth-order valence-corrected chi connectivity index (χ4v) is 4.15. The topological polar surface area (TPSA) is 68.1 Å². The molecule has 1 atom stereocenters. The Balaban J connectivity index is 1.61. The summed E-state index contributed by atoms with van der Waals surface area (Å²) in [5.74, 6) is 0.154. The number of rotatable bonds is 5. The third kappa shape index (κ3) is 3.30. The molecule has 1 aromatic carbocycles. The molecule has 0 aliphatic carbocycles. The van der Waals surface area contributed by atoms with Gasteiger partial charge in [-0.1, -0.05) is 35.5 Å². The Morgan fingerprint density at radius 3 is 2.76 bits per heavy atom. The van der Waals surface area contributed by atoms with Crippen LogP contribution >= 0.6 is 0 Å². The van der Waals surface area contributed by atoms with Gasteiger partial charge in [0.1, 0.15) is 0 Å². The first-order valence-electron chi connectivity index (χ1n) is 7.03. The van der Waals surface area contributed by atoms with Gasteiger partial charge >= 0.3 is 0 Å². The molecule has 3 rings (SSSR count). The van der Waals surface area contributed by atoms with E-state index in [0.717, 1.165) is 12.0 Å². The first-order valence-corrected chi connectivity index (χ1v) is 8.63. The Morgan fingerprint density at radius 1 is 1.24 bits per heavy atom. The van der Waals surface area contributed by atoms with Crippen molar-refractivity contribution in [1.82, 2.24) is 19.3 Å². The van der Waals surface area contributed by atoms with Crippen LogP contribution in [0.2, 0.25) is 0 Å². The van der Waals surface area contributed by atoms with Crippen molar-refractivity contribution >= 4 is 10.0 Å². The first kappa shape index (κ1) is 14.2. The molecule has 0 radical (unpaired) electrons. The van der Waals surface area contributed by atoms with E-state index in [-0.39, 0.29) is 11.8 Å². The molecule has 21 heavy (non-hydrogen) atoms. The van der Waals surface area contributed by atoms with Crippen LogP contribution < -0.4 is 0 Å². The Morgan fingerprint density at radius 2 is 2.05 bits per heavy atom. The average Bonchev–Trinajstić information content (AvgIpc) is 3.17. The van der Waals surface area contributed by atoms with Crippen LogP contribution in [0.25, 0.3) is 0 Å². The van der Waals surface area contributed by atoms with Crippen molar-refractivity contribution in [2.24, 2.45) is 0 Å². The fraction of sp³-hybridized carbons (Fsp3) is 0.429. The van der Waals surface area contributed by atoms with E-state index in [2.05, 4.69) is 10.3 Å². The normalized spacial score (nSPS) is 19.9. The summed E-state index contributed by atoms with van der Waals surface area (Å²) < 4.78 is 28.1. The SMILES string of the molecule is O=S(=O)(CCc1ccccc1)N1CC[C@@H](n2ccnn2)C1. The van der Waals surface area contributed by atoms with Gasteiger partial charge in [0.2, 0.25) is 10.0 Å². The van der Waals surface area contributed by atoms with Gasteiger partial charge < -0.3 is 0 Å². The molecule has 1 fully saturated rings. The van der Waals surface area contributed by atoms with Gasteiger partial charge in [0.15, 0.2) is 0 Å². The molecule has 1 aliphatic heterocycles. The zero-order valence-corrected chi connectivity index (χ0v) is 12.5. The summed E-state index contributed by atoms with van der Waals surface area (Å²) >= 11 is 0. The standard InChI is InChI=1S/C14H18N4O2S/c19-21(20,11-7-13-4-2-1-3-5-13)17-9-6-14(12-17)18-10-8-15-16-18/h1-5,8,10,14H,6-7,9,11-12H2/t14-/m1/s1. The van der Waals surface area contributed by atoms with E-state index in [9.17, 15) is 8.42 Å². The van der Waals surface area contributed by atoms with Crippen molar-refractivity contribution < 1.29 is 8.42 Å². The van der Waals surface area contributed by atoms with E-state index in [0.29, 0.717) is 19.5 Å². The zero-order chi connectivity index (χ0) is 14.7. The number of hydrogen-bond acceptors (Lipinski definition) is 4. The van der Waals surface area contributed by atoms with Gasteiger partial charge in [-0.15, -0.1) is 5.10 Å². The Kier molecular flexibility index (Phi) is 4.03. The highest BCUT2D eigenvalue weighted by molar-refractivity contribution is 7.89. The summed E-state index contributed by atoms with van der Waals surface area (Å²) in [5, 5.41) is 7.73. The van der Waals surface area contributed by atoms with E-state index < -0.39 is 10.0 Å². The third-order valence-electron chi connectivity index (χ3n) is 3.83. The summed E-state index contributed by atoms with van der Waals surface area (Å²) in [6.07, 6.45) is 4.74. The molecule has 0 unspecified atom stereocenters. The molecule has 0 spiro atoms. The monoisotopic (exact) mass is 306 g/mol. The molecule has 0 amide bonds. The van der Waals surface area contributed by atoms with E-state index in [1.54, 1.807) is 21.4 Å². The minimum Gasteiger partial charge on any atom is -0.248 e. The molecular formula is C14H18N4O2S. The third-order valence-corrected chi connectivity index (χ3v) is 5.66. The van der Waals surface area contributed by atoms with Gasteiger partial charge in [0.05, 0.1) is 18.0 Å². The minimum atomic E-state index is -3.21. The molecule has 0 saturated carbocycles. The van der Waals surface area contributed by atoms with Crippen LogP contribution in [0.3, 0.4) is 0 Å². The second-order valence-corrected chi connectivity index (χ2v) is 7.32. The fourth-order valence-electron chi connectivity index (χ4n) is 2.61. The molecule has 1 aliphatic rings. The van der Waals surface area contributed by atoms with E-state index >= 15 is 0 Å². The summed E-state index contributed by atoms with van der Waals surface area (Å²) in [4.78, 5) is 0. The van der Waals surface area contributed by atoms with Crippen LogP contribution in [0.1, 0.15) is 18.0 Å². The molecule has 0 N–H and O–H groups in total. The maximum absolute atomic E-state index is 12.4. The maximum atomic E-state index is 12.4. The van der Waals surface area contributed by atoms with E-state index in [1.807, 2.05) is 30.3 Å². The summed E-state index contributed by atoms with van der Waals surface area (Å²) in [6.45, 7) is 1.04. The maximum Gasteiger partial charge on any atom is 0.214 e. The average molecular weight is 306 g/mol. The van der Waals surface area contributed by atoms with Crippen molar-refractivity contribution in [3.05, 3.63) is 48.3 Å². The molecule has 112 valence electrons. The Hall–Kier alpha value is -1.73. The second kappa shape index (κ2) is 5.95. The van der Waals surface area contributed by atoms with Crippen molar-refractivity contribution in [1.29, 1.82) is 0 Å². The lowest BCUT2D eigenvalue weighted by Crippen LogP contribution is -2.32. The van der Waals surface area contributed by atoms with Crippen LogP contribution in [0.15, 0.2) is 42.7 Å². The Labute approximate surface area is 124 Å². The van der Waals surface area contributed by atoms with Crippen LogP contribution in [0.5, 0.6) is 0 Å². The predicted octanol–water partition coefficient (Wildman–Crippen LogP) is 1.10. The number of hydrogen-bond donors (Lipinski definition) is 0. The summed E-state index contributed by atoms with van der Waals surface area (Å²) in [7, 11) is -3.21. The van der Waals surface area contributed by atoms with Gasteiger partial charge in [-0.05, 0) is 18.4 Å². The highest BCUT2D eigenvalue weighted by Gasteiger charge is 2.32.